The van der Waals surface area contributed by atoms with Crippen LogP contribution in [0.3, 0.4) is 0 Å². The number of hydrogen-bond acceptors (Lipinski definition) is 4. The third-order valence-electron chi connectivity index (χ3n) is 4.83. The second-order valence-electron chi connectivity index (χ2n) is 6.70. The minimum atomic E-state index is 0.0508. The summed E-state index contributed by atoms with van der Waals surface area (Å²) < 4.78 is 3.67. The molecule has 4 nitrogen and oxygen atoms in total. The van der Waals surface area contributed by atoms with Gasteiger partial charge in [0.15, 0.2) is 0 Å². The number of thiophene rings is 2. The monoisotopic (exact) mass is 372 g/mol. The number of likely N-dealkylation sites (tertiary alicyclic amines) is 1. The number of piperidine rings is 1. The van der Waals surface area contributed by atoms with Crippen LogP contribution in [0.1, 0.15) is 22.5 Å². The van der Waals surface area contributed by atoms with Gasteiger partial charge in [0.25, 0.3) is 5.91 Å². The van der Waals surface area contributed by atoms with Crippen LogP contribution in [0.15, 0.2) is 30.3 Å². The number of nitrogens with zero attached hydrogens (tertiary/aromatic N) is 2. The Bertz CT molecular complexity index is 949. The van der Waals surface area contributed by atoms with E-state index in [0.29, 0.717) is 13.1 Å². The number of benzene rings is 1. The number of carbonyl (C=O) groups excluding carboxylic acids is 2. The van der Waals surface area contributed by atoms with E-state index >= 15 is 0 Å². The zero-order valence-corrected chi connectivity index (χ0v) is 16.0. The van der Waals surface area contributed by atoms with E-state index in [1.165, 1.54) is 19.5 Å². The summed E-state index contributed by atoms with van der Waals surface area (Å²) in [5.41, 5.74) is 0. The Morgan fingerprint density at radius 1 is 1.08 bits per heavy atom. The van der Waals surface area contributed by atoms with Gasteiger partial charge in [0, 0.05) is 47.9 Å². The zero-order valence-electron chi connectivity index (χ0n) is 14.3. The van der Waals surface area contributed by atoms with Crippen molar-refractivity contribution >= 4 is 54.0 Å². The van der Waals surface area contributed by atoms with Crippen molar-refractivity contribution in [1.82, 2.24) is 9.80 Å². The van der Waals surface area contributed by atoms with E-state index in [-0.39, 0.29) is 17.7 Å². The third kappa shape index (κ3) is 2.93. The van der Waals surface area contributed by atoms with Gasteiger partial charge in [-0.05, 0) is 25.0 Å². The van der Waals surface area contributed by atoms with Crippen LogP contribution in [0.25, 0.3) is 19.5 Å². The molecule has 3 aromatic rings. The van der Waals surface area contributed by atoms with E-state index in [9.17, 15) is 9.59 Å². The van der Waals surface area contributed by atoms with E-state index in [0.717, 1.165) is 17.7 Å². The predicted octanol–water partition coefficient (Wildman–Crippen LogP) is 4.06. The zero-order chi connectivity index (χ0) is 17.6. The average molecular weight is 373 g/mol. The topological polar surface area (TPSA) is 40.6 Å². The lowest BCUT2D eigenvalue weighted by atomic mass is 9.95. The van der Waals surface area contributed by atoms with E-state index in [2.05, 4.69) is 12.1 Å². The van der Waals surface area contributed by atoms with Gasteiger partial charge in [-0.3, -0.25) is 9.59 Å². The molecule has 0 saturated carbocycles. The Balaban J connectivity index is 1.52. The highest BCUT2D eigenvalue weighted by atomic mass is 32.1. The van der Waals surface area contributed by atoms with E-state index in [1.54, 1.807) is 41.7 Å². The number of rotatable bonds is 2. The lowest BCUT2D eigenvalue weighted by Crippen LogP contribution is -2.42. The van der Waals surface area contributed by atoms with Crippen LogP contribution in [-0.2, 0) is 4.79 Å². The van der Waals surface area contributed by atoms with Gasteiger partial charge in [0.2, 0.25) is 5.91 Å². The smallest absolute Gasteiger partial charge is 0.263 e. The van der Waals surface area contributed by atoms with Crippen LogP contribution in [-0.4, -0.2) is 48.8 Å². The Hall–Kier alpha value is -1.92. The minimum absolute atomic E-state index is 0.0508. The first-order chi connectivity index (χ1) is 12.0. The van der Waals surface area contributed by atoms with Crippen molar-refractivity contribution in [2.45, 2.75) is 12.8 Å². The third-order valence-corrected chi connectivity index (χ3v) is 7.24. The Morgan fingerprint density at radius 2 is 1.80 bits per heavy atom. The molecule has 0 N–H and O–H groups in total. The second kappa shape index (κ2) is 6.42. The van der Waals surface area contributed by atoms with E-state index in [1.807, 2.05) is 23.1 Å². The summed E-state index contributed by atoms with van der Waals surface area (Å²) >= 11 is 3.33. The van der Waals surface area contributed by atoms with Crippen LogP contribution >= 0.6 is 22.7 Å². The molecule has 2 aromatic heterocycles. The van der Waals surface area contributed by atoms with Gasteiger partial charge in [0.05, 0.1) is 9.58 Å². The van der Waals surface area contributed by atoms with E-state index in [4.69, 9.17) is 0 Å². The minimum Gasteiger partial charge on any atom is -0.349 e. The Kier molecular flexibility index (Phi) is 4.25. The SMILES string of the molecule is CN(C)C(=O)C1CCN(C(=O)c2cc3sc4ccccc4c3s2)CC1. The van der Waals surface area contributed by atoms with Crippen molar-refractivity contribution in [3.05, 3.63) is 35.2 Å². The maximum absolute atomic E-state index is 12.9. The summed E-state index contributed by atoms with van der Waals surface area (Å²) in [6.45, 7) is 1.32. The fourth-order valence-electron chi connectivity index (χ4n) is 3.46. The molecule has 0 spiro atoms. The van der Waals surface area contributed by atoms with Crippen molar-refractivity contribution < 1.29 is 9.59 Å². The second-order valence-corrected chi connectivity index (χ2v) is 8.84. The molecule has 0 bridgehead atoms. The molecule has 1 saturated heterocycles. The molecule has 6 heteroatoms. The highest BCUT2D eigenvalue weighted by Crippen LogP contribution is 2.39. The largest absolute Gasteiger partial charge is 0.349 e. The molecule has 130 valence electrons. The fraction of sp³-hybridized carbons (Fsp3) is 0.368. The van der Waals surface area contributed by atoms with Crippen molar-refractivity contribution in [3.63, 3.8) is 0 Å². The molecule has 2 amide bonds. The highest BCUT2D eigenvalue weighted by Gasteiger charge is 2.29. The number of fused-ring (bicyclic) bond motifs is 3. The quantitative estimate of drug-likeness (QED) is 0.681. The van der Waals surface area contributed by atoms with Crippen LogP contribution < -0.4 is 0 Å². The maximum atomic E-state index is 12.9. The summed E-state index contributed by atoms with van der Waals surface area (Å²) in [6.07, 6.45) is 1.51. The molecular formula is C19H20N2O2S2. The normalized spacial score (nSPS) is 15.8. The molecule has 0 unspecified atom stereocenters. The predicted molar refractivity (Wildman–Crippen MR) is 105 cm³/mol. The summed E-state index contributed by atoms with van der Waals surface area (Å²) in [4.78, 5) is 29.3. The van der Waals surface area contributed by atoms with Crippen LogP contribution in [0, 0.1) is 5.92 Å². The molecule has 1 fully saturated rings. The molecule has 1 aliphatic heterocycles. The van der Waals surface area contributed by atoms with Gasteiger partial charge in [-0.1, -0.05) is 18.2 Å². The first-order valence-electron chi connectivity index (χ1n) is 8.46. The van der Waals surface area contributed by atoms with Gasteiger partial charge in [-0.15, -0.1) is 22.7 Å². The molecule has 0 aliphatic carbocycles. The van der Waals surface area contributed by atoms with Crippen molar-refractivity contribution in [1.29, 1.82) is 0 Å². The summed E-state index contributed by atoms with van der Waals surface area (Å²) in [5.74, 6) is 0.332. The van der Waals surface area contributed by atoms with Crippen LogP contribution in [0.4, 0.5) is 0 Å². The van der Waals surface area contributed by atoms with Crippen molar-refractivity contribution in [2.75, 3.05) is 27.2 Å². The summed E-state index contributed by atoms with van der Waals surface area (Å²) in [6, 6.07) is 10.4. The first-order valence-corrected chi connectivity index (χ1v) is 10.1. The van der Waals surface area contributed by atoms with Crippen LogP contribution in [0.2, 0.25) is 0 Å². The molecule has 1 aromatic carbocycles. The summed E-state index contributed by atoms with van der Waals surface area (Å²) in [7, 11) is 3.59. The molecule has 0 radical (unpaired) electrons. The standard InChI is InChI=1S/C19H20N2O2S2/c1-20(2)18(22)12-7-9-21(10-8-12)19(23)16-11-15-17(25-16)13-5-3-4-6-14(13)24-15/h3-6,11-12H,7-10H2,1-2H3. The highest BCUT2D eigenvalue weighted by molar-refractivity contribution is 7.33. The number of hydrogen-bond donors (Lipinski definition) is 0. The number of carbonyl (C=O) groups is 2. The van der Waals surface area contributed by atoms with Crippen LogP contribution in [0.5, 0.6) is 0 Å². The number of amides is 2. The molecule has 25 heavy (non-hydrogen) atoms. The fourth-order valence-corrected chi connectivity index (χ4v) is 5.95. The van der Waals surface area contributed by atoms with Crippen molar-refractivity contribution in [2.24, 2.45) is 5.92 Å². The molecular weight excluding hydrogens is 352 g/mol. The Morgan fingerprint density at radius 3 is 2.52 bits per heavy atom. The maximum Gasteiger partial charge on any atom is 0.263 e. The summed E-state index contributed by atoms with van der Waals surface area (Å²) in [5, 5.41) is 1.24. The molecule has 1 aliphatic rings. The van der Waals surface area contributed by atoms with E-state index < -0.39 is 0 Å². The molecule has 4 rings (SSSR count). The van der Waals surface area contributed by atoms with Gasteiger partial charge < -0.3 is 9.80 Å². The lowest BCUT2D eigenvalue weighted by Gasteiger charge is -2.32. The van der Waals surface area contributed by atoms with Gasteiger partial charge in [0.1, 0.15) is 0 Å². The first kappa shape index (κ1) is 16.5. The average Bonchev–Trinajstić information content (AvgIpc) is 3.18. The Labute approximate surface area is 154 Å². The van der Waals surface area contributed by atoms with Gasteiger partial charge >= 0.3 is 0 Å². The van der Waals surface area contributed by atoms with Gasteiger partial charge in [-0.2, -0.15) is 0 Å². The van der Waals surface area contributed by atoms with Crippen molar-refractivity contribution in [3.8, 4) is 0 Å². The van der Waals surface area contributed by atoms with Gasteiger partial charge in [-0.25, -0.2) is 0 Å². The molecule has 0 atom stereocenters. The molecule has 3 heterocycles. The lowest BCUT2D eigenvalue weighted by molar-refractivity contribution is -0.134.